The van der Waals surface area contributed by atoms with E-state index in [2.05, 4.69) is 20.3 Å². The molecule has 1 amide bonds. The minimum Gasteiger partial charge on any atom is -0.346 e. The number of hydrogen-bond donors (Lipinski definition) is 1. The second kappa shape index (κ2) is 5.79. The van der Waals surface area contributed by atoms with E-state index in [9.17, 15) is 4.79 Å². The number of aromatic nitrogens is 4. The predicted octanol–water partition coefficient (Wildman–Crippen LogP) is 1.45. The first-order valence-electron chi connectivity index (χ1n) is 5.82. The van der Waals surface area contributed by atoms with Crippen LogP contribution in [0.15, 0.2) is 24.8 Å². The van der Waals surface area contributed by atoms with Gasteiger partial charge in [0, 0.05) is 30.7 Å². The average molecular weight is 280 g/mol. The molecule has 1 unspecified atom stereocenters. The molecule has 1 N–H and O–H groups in total. The molecule has 0 saturated heterocycles. The highest BCUT2D eigenvalue weighted by Crippen LogP contribution is 2.05. The van der Waals surface area contributed by atoms with E-state index in [1.165, 1.54) is 0 Å². The van der Waals surface area contributed by atoms with Crippen molar-refractivity contribution < 1.29 is 4.79 Å². The van der Waals surface area contributed by atoms with Gasteiger partial charge in [-0.25, -0.2) is 15.0 Å². The Bertz CT molecular complexity index is 549. The fraction of sp³-hybridized carbons (Fsp3) is 0.333. The molecule has 2 rings (SSSR count). The first-order chi connectivity index (χ1) is 9.04. The van der Waals surface area contributed by atoms with Gasteiger partial charge < -0.3 is 9.88 Å². The molecule has 0 saturated carbocycles. The van der Waals surface area contributed by atoms with Gasteiger partial charge in [0.05, 0.1) is 6.33 Å². The summed E-state index contributed by atoms with van der Waals surface area (Å²) in [4.78, 5) is 23.8. The van der Waals surface area contributed by atoms with Crippen molar-refractivity contribution in [3.05, 3.63) is 41.5 Å². The fourth-order valence-corrected chi connectivity index (χ4v) is 1.93. The summed E-state index contributed by atoms with van der Waals surface area (Å²) in [7, 11) is 0. The van der Waals surface area contributed by atoms with E-state index in [0.717, 1.165) is 0 Å². The van der Waals surface area contributed by atoms with Gasteiger partial charge in [0.1, 0.15) is 5.69 Å². The molecule has 0 aliphatic rings. The van der Waals surface area contributed by atoms with Crippen LogP contribution in [0.1, 0.15) is 23.1 Å². The first-order valence-corrected chi connectivity index (χ1v) is 6.20. The highest BCUT2D eigenvalue weighted by molar-refractivity contribution is 6.28. The summed E-state index contributed by atoms with van der Waals surface area (Å²) in [6, 6.07) is 1.56. The van der Waals surface area contributed by atoms with Gasteiger partial charge in [0.25, 0.3) is 5.91 Å². The van der Waals surface area contributed by atoms with Crippen LogP contribution >= 0.6 is 11.6 Å². The Kier molecular flexibility index (Phi) is 4.11. The summed E-state index contributed by atoms with van der Waals surface area (Å²) >= 11 is 5.73. The Morgan fingerprint density at radius 3 is 2.95 bits per heavy atom. The summed E-state index contributed by atoms with van der Waals surface area (Å²) in [6.45, 7) is 4.32. The number of hydrogen-bond acceptors (Lipinski definition) is 4. The standard InChI is InChI=1S/C12H14ClN5O/c1-8-5-10(17-12(13)16-8)11(19)15-9(2)6-18-4-3-14-7-18/h3-5,7,9H,6H2,1-2H3,(H,15,19). The first kappa shape index (κ1) is 13.5. The molecule has 0 aliphatic heterocycles. The monoisotopic (exact) mass is 279 g/mol. The van der Waals surface area contributed by atoms with Crippen molar-refractivity contribution in [3.8, 4) is 0 Å². The van der Waals surface area contributed by atoms with Crippen LogP contribution in [0.4, 0.5) is 0 Å². The minimum absolute atomic E-state index is 0.0456. The summed E-state index contributed by atoms with van der Waals surface area (Å²) in [5.41, 5.74) is 0.933. The Balaban J connectivity index is 2.00. The molecule has 0 fully saturated rings. The van der Waals surface area contributed by atoms with Crippen LogP contribution in [0.2, 0.25) is 5.28 Å². The van der Waals surface area contributed by atoms with Crippen LogP contribution in [0.25, 0.3) is 0 Å². The Morgan fingerprint density at radius 1 is 1.53 bits per heavy atom. The van der Waals surface area contributed by atoms with Gasteiger partial charge in [-0.3, -0.25) is 4.79 Å². The highest BCUT2D eigenvalue weighted by atomic mass is 35.5. The van der Waals surface area contributed by atoms with Crippen molar-refractivity contribution in [3.63, 3.8) is 0 Å². The normalized spacial score (nSPS) is 12.2. The molecule has 100 valence electrons. The molecular weight excluding hydrogens is 266 g/mol. The van der Waals surface area contributed by atoms with Crippen LogP contribution < -0.4 is 5.32 Å². The second-order valence-corrected chi connectivity index (χ2v) is 4.64. The van der Waals surface area contributed by atoms with Crippen molar-refractivity contribution in [1.82, 2.24) is 24.8 Å². The van der Waals surface area contributed by atoms with E-state index < -0.39 is 0 Å². The molecule has 19 heavy (non-hydrogen) atoms. The van der Waals surface area contributed by atoms with Crippen LogP contribution in [-0.2, 0) is 6.54 Å². The van der Waals surface area contributed by atoms with Crippen molar-refractivity contribution in [2.45, 2.75) is 26.4 Å². The molecule has 0 radical (unpaired) electrons. The van der Waals surface area contributed by atoms with Crippen molar-refractivity contribution >= 4 is 17.5 Å². The van der Waals surface area contributed by atoms with Gasteiger partial charge in [-0.1, -0.05) is 0 Å². The van der Waals surface area contributed by atoms with E-state index >= 15 is 0 Å². The summed E-state index contributed by atoms with van der Waals surface area (Å²) < 4.78 is 1.89. The zero-order chi connectivity index (χ0) is 13.8. The third-order valence-corrected chi connectivity index (χ3v) is 2.65. The largest absolute Gasteiger partial charge is 0.346 e. The van der Waals surface area contributed by atoms with Crippen LogP contribution in [0, 0.1) is 6.92 Å². The van der Waals surface area contributed by atoms with Gasteiger partial charge in [-0.2, -0.15) is 0 Å². The summed E-state index contributed by atoms with van der Waals surface area (Å²) in [5, 5.41) is 2.93. The lowest BCUT2D eigenvalue weighted by atomic mass is 10.3. The second-order valence-electron chi connectivity index (χ2n) is 4.30. The number of imidazole rings is 1. The van der Waals surface area contributed by atoms with Gasteiger partial charge in [-0.05, 0) is 31.5 Å². The zero-order valence-electron chi connectivity index (χ0n) is 10.7. The van der Waals surface area contributed by atoms with Crippen molar-refractivity contribution in [2.75, 3.05) is 0 Å². The molecule has 2 heterocycles. The van der Waals surface area contributed by atoms with Gasteiger partial charge in [-0.15, -0.1) is 0 Å². The van der Waals surface area contributed by atoms with E-state index in [-0.39, 0.29) is 22.9 Å². The summed E-state index contributed by atoms with van der Waals surface area (Å²) in [6.07, 6.45) is 5.24. The van der Waals surface area contributed by atoms with Gasteiger partial charge >= 0.3 is 0 Å². The number of rotatable bonds is 4. The number of carbonyl (C=O) groups is 1. The topological polar surface area (TPSA) is 72.7 Å². The van der Waals surface area contributed by atoms with Crippen LogP contribution in [0.5, 0.6) is 0 Å². The molecule has 2 aromatic rings. The third-order valence-electron chi connectivity index (χ3n) is 2.48. The molecule has 1 atom stereocenters. The SMILES string of the molecule is Cc1cc(C(=O)NC(C)Cn2ccnc2)nc(Cl)n1. The molecular formula is C12H14ClN5O. The molecule has 0 aromatic carbocycles. The minimum atomic E-state index is -0.264. The molecule has 2 aromatic heterocycles. The lowest BCUT2D eigenvalue weighted by Crippen LogP contribution is -2.36. The predicted molar refractivity (Wildman–Crippen MR) is 70.9 cm³/mol. The van der Waals surface area contributed by atoms with Crippen LogP contribution in [0.3, 0.4) is 0 Å². The van der Waals surface area contributed by atoms with E-state index in [1.807, 2.05) is 17.7 Å². The maximum absolute atomic E-state index is 12.0. The molecule has 7 heteroatoms. The van der Waals surface area contributed by atoms with Gasteiger partial charge in [0.15, 0.2) is 0 Å². The maximum Gasteiger partial charge on any atom is 0.270 e. The van der Waals surface area contributed by atoms with Gasteiger partial charge in [0.2, 0.25) is 5.28 Å². The Morgan fingerprint density at radius 2 is 2.32 bits per heavy atom. The maximum atomic E-state index is 12.0. The number of carbonyl (C=O) groups excluding carboxylic acids is 1. The smallest absolute Gasteiger partial charge is 0.270 e. The fourth-order valence-electron chi connectivity index (χ4n) is 1.70. The third kappa shape index (κ3) is 3.75. The number of aryl methyl sites for hydroxylation is 1. The average Bonchev–Trinajstić information content (AvgIpc) is 2.80. The Hall–Kier alpha value is -1.95. The van der Waals surface area contributed by atoms with Crippen LogP contribution in [-0.4, -0.2) is 31.5 Å². The number of nitrogens with zero attached hydrogens (tertiary/aromatic N) is 4. The highest BCUT2D eigenvalue weighted by Gasteiger charge is 2.13. The number of halogens is 1. The lowest BCUT2D eigenvalue weighted by Gasteiger charge is -2.14. The van der Waals surface area contributed by atoms with E-state index in [4.69, 9.17) is 11.6 Å². The molecule has 6 nitrogen and oxygen atoms in total. The molecule has 0 aliphatic carbocycles. The molecule has 0 bridgehead atoms. The lowest BCUT2D eigenvalue weighted by molar-refractivity contribution is 0.0931. The summed E-state index contributed by atoms with van der Waals surface area (Å²) in [5.74, 6) is -0.264. The molecule has 0 spiro atoms. The zero-order valence-corrected chi connectivity index (χ0v) is 11.4. The quantitative estimate of drug-likeness (QED) is 0.860. The number of amides is 1. The van der Waals surface area contributed by atoms with E-state index in [1.54, 1.807) is 25.5 Å². The Labute approximate surface area is 115 Å². The number of nitrogens with one attached hydrogen (secondary N) is 1. The van der Waals surface area contributed by atoms with E-state index in [0.29, 0.717) is 12.2 Å². The van der Waals surface area contributed by atoms with Crippen molar-refractivity contribution in [1.29, 1.82) is 0 Å². The van der Waals surface area contributed by atoms with Crippen molar-refractivity contribution in [2.24, 2.45) is 0 Å².